The zero-order chi connectivity index (χ0) is 11.7. The summed E-state index contributed by atoms with van der Waals surface area (Å²) in [6, 6.07) is 11.5. The van der Waals surface area contributed by atoms with Crippen molar-refractivity contribution in [2.24, 2.45) is 0 Å². The lowest BCUT2D eigenvalue weighted by Gasteiger charge is -2.40. The summed E-state index contributed by atoms with van der Waals surface area (Å²) in [6.45, 7) is 5.66. The Balaban J connectivity index is 1.79. The molecule has 0 radical (unpaired) electrons. The average Bonchev–Trinajstić information content (AvgIpc) is 2.87. The van der Waals surface area contributed by atoms with Gasteiger partial charge in [-0.2, -0.15) is 0 Å². The van der Waals surface area contributed by atoms with Crippen molar-refractivity contribution in [1.29, 1.82) is 0 Å². The molecule has 1 aromatic carbocycles. The third kappa shape index (κ3) is 2.10. The van der Waals surface area contributed by atoms with E-state index in [0.29, 0.717) is 12.1 Å². The molecule has 2 aliphatic heterocycles. The fraction of sp³-hybridized carbons (Fsp3) is 0.571. The topological polar surface area (TPSA) is 21.7 Å². The average molecular weight is 233 g/mol. The van der Waals surface area contributed by atoms with Crippen LogP contribution in [-0.4, -0.2) is 43.4 Å². The Morgan fingerprint density at radius 1 is 1.24 bits per heavy atom. The Kier molecular flexibility index (Phi) is 3.14. The minimum Gasteiger partial charge on any atom is -0.377 e. The van der Waals surface area contributed by atoms with Crippen LogP contribution in [0.2, 0.25) is 0 Å². The van der Waals surface area contributed by atoms with Gasteiger partial charge in [0.15, 0.2) is 0 Å². The van der Waals surface area contributed by atoms with Crippen LogP contribution in [0, 0.1) is 0 Å². The second-order valence-electron chi connectivity index (χ2n) is 4.84. The molecule has 0 spiro atoms. The van der Waals surface area contributed by atoms with Gasteiger partial charge in [-0.15, -0.1) is 0 Å². The quantitative estimate of drug-likeness (QED) is 0.778. The van der Waals surface area contributed by atoms with Crippen molar-refractivity contribution in [2.75, 3.05) is 26.4 Å². The normalized spacial score (nSPS) is 31.1. The molecule has 0 aromatic heterocycles. The summed E-state index contributed by atoms with van der Waals surface area (Å²) in [5.41, 5.74) is 1.38. The Morgan fingerprint density at radius 3 is 2.88 bits per heavy atom. The minimum atomic E-state index is 0.273. The first-order valence-corrected chi connectivity index (χ1v) is 6.36. The van der Waals surface area contributed by atoms with Crippen LogP contribution in [0.15, 0.2) is 30.3 Å². The van der Waals surface area contributed by atoms with Crippen LogP contribution in [-0.2, 0) is 9.47 Å². The zero-order valence-corrected chi connectivity index (χ0v) is 10.2. The van der Waals surface area contributed by atoms with Crippen LogP contribution in [0.5, 0.6) is 0 Å². The number of hydrogen-bond acceptors (Lipinski definition) is 3. The van der Waals surface area contributed by atoms with Crippen molar-refractivity contribution in [3.63, 3.8) is 0 Å². The van der Waals surface area contributed by atoms with Gasteiger partial charge in [-0.25, -0.2) is 0 Å². The smallest absolute Gasteiger partial charge is 0.0986 e. The van der Waals surface area contributed by atoms with Gasteiger partial charge in [-0.1, -0.05) is 30.3 Å². The van der Waals surface area contributed by atoms with Gasteiger partial charge in [0, 0.05) is 12.6 Å². The number of ether oxygens (including phenoxy) is 2. The Bertz CT molecular complexity index is 368. The second-order valence-corrected chi connectivity index (χ2v) is 4.84. The first-order valence-electron chi connectivity index (χ1n) is 6.36. The molecule has 1 aromatic rings. The van der Waals surface area contributed by atoms with E-state index in [1.54, 1.807) is 0 Å². The number of morpholine rings is 1. The zero-order valence-electron chi connectivity index (χ0n) is 10.2. The summed E-state index contributed by atoms with van der Waals surface area (Å²) >= 11 is 0. The molecule has 2 aliphatic rings. The maximum absolute atomic E-state index is 5.75. The Hall–Kier alpha value is -0.900. The predicted molar refractivity (Wildman–Crippen MR) is 65.9 cm³/mol. The standard InChI is InChI=1S/C14H19NO2/c1-11(12-5-3-2-4-6-12)15-7-8-17-14-10-16-9-13(14)15/h2-6,11,13-14H,7-10H2,1H3/t11-,13-,14?/m1/s1. The van der Waals surface area contributed by atoms with E-state index >= 15 is 0 Å². The number of hydrogen-bond donors (Lipinski definition) is 0. The number of rotatable bonds is 2. The Morgan fingerprint density at radius 2 is 2.06 bits per heavy atom. The predicted octanol–water partition coefficient (Wildman–Crippen LogP) is 1.85. The lowest BCUT2D eigenvalue weighted by molar-refractivity contribution is -0.0620. The third-order valence-corrected chi connectivity index (χ3v) is 3.89. The molecule has 0 bridgehead atoms. The molecule has 2 fully saturated rings. The molecular weight excluding hydrogens is 214 g/mol. The van der Waals surface area contributed by atoms with E-state index in [2.05, 4.69) is 42.2 Å². The molecule has 0 amide bonds. The van der Waals surface area contributed by atoms with E-state index in [1.807, 2.05) is 0 Å². The highest BCUT2D eigenvalue weighted by Crippen LogP contribution is 2.29. The first-order chi connectivity index (χ1) is 8.36. The van der Waals surface area contributed by atoms with Crippen LogP contribution >= 0.6 is 0 Å². The summed E-state index contributed by atoms with van der Waals surface area (Å²) < 4.78 is 11.3. The number of benzene rings is 1. The fourth-order valence-corrected chi connectivity index (χ4v) is 2.87. The van der Waals surface area contributed by atoms with Crippen LogP contribution < -0.4 is 0 Å². The highest BCUT2D eigenvalue weighted by atomic mass is 16.6. The summed E-state index contributed by atoms with van der Waals surface area (Å²) in [5, 5.41) is 0. The van der Waals surface area contributed by atoms with Crippen molar-refractivity contribution >= 4 is 0 Å². The minimum absolute atomic E-state index is 0.273. The van der Waals surface area contributed by atoms with Crippen LogP contribution in [0.1, 0.15) is 18.5 Å². The van der Waals surface area contributed by atoms with Gasteiger partial charge in [0.25, 0.3) is 0 Å². The molecule has 3 nitrogen and oxygen atoms in total. The highest BCUT2D eigenvalue weighted by Gasteiger charge is 2.39. The van der Waals surface area contributed by atoms with E-state index in [-0.39, 0.29) is 6.10 Å². The van der Waals surface area contributed by atoms with Crippen molar-refractivity contribution in [1.82, 2.24) is 4.90 Å². The third-order valence-electron chi connectivity index (χ3n) is 3.89. The molecular formula is C14H19NO2. The first kappa shape index (κ1) is 11.2. The van der Waals surface area contributed by atoms with E-state index < -0.39 is 0 Å². The largest absolute Gasteiger partial charge is 0.377 e. The van der Waals surface area contributed by atoms with Crippen molar-refractivity contribution in [3.8, 4) is 0 Å². The molecule has 2 saturated heterocycles. The van der Waals surface area contributed by atoms with E-state index in [9.17, 15) is 0 Å². The van der Waals surface area contributed by atoms with Crippen molar-refractivity contribution in [3.05, 3.63) is 35.9 Å². The molecule has 0 aliphatic carbocycles. The summed E-state index contributed by atoms with van der Waals surface area (Å²) in [7, 11) is 0. The van der Waals surface area contributed by atoms with Gasteiger partial charge < -0.3 is 9.47 Å². The number of nitrogens with zero attached hydrogens (tertiary/aromatic N) is 1. The van der Waals surface area contributed by atoms with Gasteiger partial charge in [-0.3, -0.25) is 4.90 Å². The molecule has 1 unspecified atom stereocenters. The molecule has 3 rings (SSSR count). The fourth-order valence-electron chi connectivity index (χ4n) is 2.87. The van der Waals surface area contributed by atoms with Gasteiger partial charge in [0.1, 0.15) is 0 Å². The van der Waals surface area contributed by atoms with Crippen LogP contribution in [0.25, 0.3) is 0 Å². The molecule has 3 heteroatoms. The van der Waals surface area contributed by atoms with Gasteiger partial charge in [-0.05, 0) is 12.5 Å². The maximum Gasteiger partial charge on any atom is 0.0986 e. The molecule has 2 heterocycles. The lowest BCUT2D eigenvalue weighted by atomic mass is 10.0. The van der Waals surface area contributed by atoms with Crippen molar-refractivity contribution in [2.45, 2.75) is 25.1 Å². The van der Waals surface area contributed by atoms with Gasteiger partial charge in [0.2, 0.25) is 0 Å². The SMILES string of the molecule is C[C@H](c1ccccc1)N1CCOC2COC[C@H]21. The van der Waals surface area contributed by atoms with Crippen LogP contribution in [0.3, 0.4) is 0 Å². The summed E-state index contributed by atoms with van der Waals surface area (Å²) in [5.74, 6) is 0. The highest BCUT2D eigenvalue weighted by molar-refractivity contribution is 5.19. The maximum atomic E-state index is 5.75. The number of fused-ring (bicyclic) bond motifs is 1. The molecule has 17 heavy (non-hydrogen) atoms. The summed E-state index contributed by atoms with van der Waals surface area (Å²) in [6.07, 6.45) is 0.273. The molecule has 3 atom stereocenters. The second kappa shape index (κ2) is 4.77. The molecule has 92 valence electrons. The van der Waals surface area contributed by atoms with Gasteiger partial charge in [0.05, 0.1) is 32.0 Å². The van der Waals surface area contributed by atoms with E-state index in [0.717, 1.165) is 26.4 Å². The molecule has 0 saturated carbocycles. The van der Waals surface area contributed by atoms with Crippen LogP contribution in [0.4, 0.5) is 0 Å². The van der Waals surface area contributed by atoms with E-state index in [1.165, 1.54) is 5.56 Å². The van der Waals surface area contributed by atoms with Crippen molar-refractivity contribution < 1.29 is 9.47 Å². The van der Waals surface area contributed by atoms with E-state index in [4.69, 9.17) is 9.47 Å². The van der Waals surface area contributed by atoms with Gasteiger partial charge >= 0.3 is 0 Å². The molecule has 0 N–H and O–H groups in total. The monoisotopic (exact) mass is 233 g/mol. The summed E-state index contributed by atoms with van der Waals surface area (Å²) in [4.78, 5) is 2.52. The lowest BCUT2D eigenvalue weighted by Crippen LogP contribution is -2.51. The Labute approximate surface area is 102 Å².